The van der Waals surface area contributed by atoms with E-state index in [0.717, 1.165) is 96.3 Å². The summed E-state index contributed by atoms with van der Waals surface area (Å²) in [6.45, 7) is 6.43. The summed E-state index contributed by atoms with van der Waals surface area (Å²) < 4.78 is 16.6. The SMILES string of the molecule is CC/C=C\C/C=C\C/C=C\C/C=C\C/C=C\CCCCCCCCCCCCCCCC(=O)OCC(COC(=O)CCCCCCC)OC(=O)CCCCCCCCCCCC. The summed E-state index contributed by atoms with van der Waals surface area (Å²) in [5.41, 5.74) is 0. The van der Waals surface area contributed by atoms with Gasteiger partial charge in [0.15, 0.2) is 6.10 Å². The van der Waals surface area contributed by atoms with Gasteiger partial charge in [-0.3, -0.25) is 14.4 Å². The summed E-state index contributed by atoms with van der Waals surface area (Å²) in [6, 6.07) is 0. The summed E-state index contributed by atoms with van der Waals surface area (Å²) in [7, 11) is 0. The lowest BCUT2D eigenvalue weighted by Gasteiger charge is -2.18. The normalized spacial score (nSPS) is 12.5. The molecule has 0 rings (SSSR count). The summed E-state index contributed by atoms with van der Waals surface area (Å²) in [6.07, 6.45) is 62.6. The van der Waals surface area contributed by atoms with Gasteiger partial charge in [0, 0.05) is 19.3 Å². The molecule has 6 nitrogen and oxygen atoms in total. The second-order valence-corrected chi connectivity index (χ2v) is 17.4. The lowest BCUT2D eigenvalue weighted by Crippen LogP contribution is -2.30. The van der Waals surface area contributed by atoms with Gasteiger partial charge in [-0.2, -0.15) is 0 Å². The third-order valence-electron chi connectivity index (χ3n) is 11.3. The number of ether oxygens (including phenoxy) is 3. The number of unbranched alkanes of at least 4 members (excludes halogenated alkanes) is 26. The van der Waals surface area contributed by atoms with Gasteiger partial charge < -0.3 is 14.2 Å². The van der Waals surface area contributed by atoms with E-state index >= 15 is 0 Å². The highest BCUT2D eigenvalue weighted by Gasteiger charge is 2.19. The average Bonchev–Trinajstić information content (AvgIpc) is 3.27. The standard InChI is InChI=1S/C56H98O6/c1-4-7-10-13-15-17-19-20-21-22-23-24-25-26-27-28-29-30-31-32-33-34-35-36-37-39-40-43-46-49-55(58)61-52-53(51-60-54(57)48-45-42-12-9-6-3)62-56(59)50-47-44-41-38-18-16-14-11-8-5-2/h7,10,15,17,20-21,23-24,26-27,53H,4-6,8-9,11-14,16,18-19,22,25,28-52H2,1-3H3/b10-7-,17-15-,21-20-,24-23-,27-26-. The molecule has 0 saturated heterocycles. The Kier molecular flexibility index (Phi) is 48.4. The number of allylic oxidation sites excluding steroid dienone is 10. The van der Waals surface area contributed by atoms with E-state index in [1.807, 2.05) is 0 Å². The molecule has 62 heavy (non-hydrogen) atoms. The van der Waals surface area contributed by atoms with Crippen LogP contribution in [0.1, 0.15) is 258 Å². The Bertz CT molecular complexity index is 1130. The molecule has 0 saturated carbocycles. The van der Waals surface area contributed by atoms with Crippen molar-refractivity contribution in [1.82, 2.24) is 0 Å². The van der Waals surface area contributed by atoms with Gasteiger partial charge in [0.1, 0.15) is 13.2 Å². The zero-order valence-electron chi connectivity index (χ0n) is 40.9. The number of carbonyl (C=O) groups is 3. The smallest absolute Gasteiger partial charge is 0.306 e. The molecule has 0 amide bonds. The molecule has 1 unspecified atom stereocenters. The maximum atomic E-state index is 12.7. The summed E-state index contributed by atoms with van der Waals surface area (Å²) in [5, 5.41) is 0. The van der Waals surface area contributed by atoms with Crippen molar-refractivity contribution >= 4 is 17.9 Å². The second kappa shape index (κ2) is 50.8. The molecule has 0 radical (unpaired) electrons. The van der Waals surface area contributed by atoms with Crippen molar-refractivity contribution in [2.75, 3.05) is 13.2 Å². The minimum Gasteiger partial charge on any atom is -0.462 e. The molecule has 0 aromatic rings. The van der Waals surface area contributed by atoms with Crippen LogP contribution in [0.3, 0.4) is 0 Å². The Morgan fingerprint density at radius 2 is 0.629 bits per heavy atom. The highest BCUT2D eigenvalue weighted by molar-refractivity contribution is 5.71. The average molecular weight is 867 g/mol. The number of esters is 3. The zero-order chi connectivity index (χ0) is 45.1. The Labute approximate surface area is 383 Å². The molecule has 0 heterocycles. The second-order valence-electron chi connectivity index (χ2n) is 17.4. The van der Waals surface area contributed by atoms with Crippen LogP contribution in [-0.4, -0.2) is 37.2 Å². The third-order valence-corrected chi connectivity index (χ3v) is 11.3. The molecule has 0 aromatic carbocycles. The molecule has 0 aliphatic rings. The summed E-state index contributed by atoms with van der Waals surface area (Å²) in [4.78, 5) is 37.5. The largest absolute Gasteiger partial charge is 0.462 e. The van der Waals surface area contributed by atoms with Gasteiger partial charge in [-0.1, -0.05) is 236 Å². The van der Waals surface area contributed by atoms with Crippen molar-refractivity contribution in [2.45, 2.75) is 264 Å². The van der Waals surface area contributed by atoms with Crippen LogP contribution in [0.25, 0.3) is 0 Å². The van der Waals surface area contributed by atoms with Crippen LogP contribution in [0.4, 0.5) is 0 Å². The monoisotopic (exact) mass is 867 g/mol. The first-order chi connectivity index (χ1) is 30.5. The first kappa shape index (κ1) is 59.1. The first-order valence-corrected chi connectivity index (χ1v) is 26.3. The van der Waals surface area contributed by atoms with Gasteiger partial charge in [0.25, 0.3) is 0 Å². The van der Waals surface area contributed by atoms with Crippen LogP contribution < -0.4 is 0 Å². The van der Waals surface area contributed by atoms with E-state index in [9.17, 15) is 14.4 Å². The highest BCUT2D eigenvalue weighted by atomic mass is 16.6. The van der Waals surface area contributed by atoms with Gasteiger partial charge in [0.05, 0.1) is 0 Å². The van der Waals surface area contributed by atoms with E-state index in [-0.39, 0.29) is 31.1 Å². The lowest BCUT2D eigenvalue weighted by atomic mass is 10.0. The molecule has 0 aliphatic carbocycles. The Hall–Kier alpha value is -2.89. The van der Waals surface area contributed by atoms with Crippen molar-refractivity contribution in [2.24, 2.45) is 0 Å². The Morgan fingerprint density at radius 3 is 0.984 bits per heavy atom. The van der Waals surface area contributed by atoms with Crippen molar-refractivity contribution in [3.8, 4) is 0 Å². The van der Waals surface area contributed by atoms with Crippen LogP contribution in [0, 0.1) is 0 Å². The minimum atomic E-state index is -0.765. The van der Waals surface area contributed by atoms with Crippen molar-refractivity contribution < 1.29 is 28.6 Å². The van der Waals surface area contributed by atoms with Crippen LogP contribution in [-0.2, 0) is 28.6 Å². The number of carbonyl (C=O) groups excluding carboxylic acids is 3. The van der Waals surface area contributed by atoms with Gasteiger partial charge in [-0.15, -0.1) is 0 Å². The van der Waals surface area contributed by atoms with E-state index < -0.39 is 6.10 Å². The van der Waals surface area contributed by atoms with E-state index in [0.29, 0.717) is 19.3 Å². The fourth-order valence-corrected chi connectivity index (χ4v) is 7.35. The minimum absolute atomic E-state index is 0.0719. The number of hydrogen-bond donors (Lipinski definition) is 0. The van der Waals surface area contributed by atoms with Gasteiger partial charge >= 0.3 is 17.9 Å². The Balaban J connectivity index is 3.96. The predicted molar refractivity (Wildman–Crippen MR) is 265 cm³/mol. The molecule has 0 spiro atoms. The predicted octanol–water partition coefficient (Wildman–Crippen LogP) is 17.3. The van der Waals surface area contributed by atoms with Crippen molar-refractivity contribution in [1.29, 1.82) is 0 Å². The summed E-state index contributed by atoms with van der Waals surface area (Å²) in [5.74, 6) is -0.884. The lowest BCUT2D eigenvalue weighted by molar-refractivity contribution is -0.167. The van der Waals surface area contributed by atoms with Crippen molar-refractivity contribution in [3.63, 3.8) is 0 Å². The molecule has 6 heteroatoms. The van der Waals surface area contributed by atoms with Gasteiger partial charge in [0.2, 0.25) is 0 Å². The molecular weight excluding hydrogens is 769 g/mol. The molecule has 0 aromatic heterocycles. The molecule has 1 atom stereocenters. The summed E-state index contributed by atoms with van der Waals surface area (Å²) >= 11 is 0. The zero-order valence-corrected chi connectivity index (χ0v) is 40.9. The molecule has 0 aliphatic heterocycles. The molecular formula is C56H98O6. The highest BCUT2D eigenvalue weighted by Crippen LogP contribution is 2.15. The van der Waals surface area contributed by atoms with Crippen LogP contribution in [0.15, 0.2) is 60.8 Å². The van der Waals surface area contributed by atoms with E-state index in [2.05, 4.69) is 81.5 Å². The maximum absolute atomic E-state index is 12.7. The first-order valence-electron chi connectivity index (χ1n) is 26.3. The topological polar surface area (TPSA) is 78.9 Å². The number of hydrogen-bond acceptors (Lipinski definition) is 6. The molecule has 0 N–H and O–H groups in total. The van der Waals surface area contributed by atoms with Crippen LogP contribution >= 0.6 is 0 Å². The van der Waals surface area contributed by atoms with Gasteiger partial charge in [-0.25, -0.2) is 0 Å². The van der Waals surface area contributed by atoms with E-state index in [1.54, 1.807) is 0 Å². The number of rotatable bonds is 47. The Morgan fingerprint density at radius 1 is 0.339 bits per heavy atom. The third kappa shape index (κ3) is 48.1. The van der Waals surface area contributed by atoms with Crippen LogP contribution in [0.5, 0.6) is 0 Å². The molecule has 0 fully saturated rings. The van der Waals surface area contributed by atoms with Crippen molar-refractivity contribution in [3.05, 3.63) is 60.8 Å². The van der Waals surface area contributed by atoms with E-state index in [1.165, 1.54) is 122 Å². The fraction of sp³-hybridized carbons (Fsp3) is 0.768. The maximum Gasteiger partial charge on any atom is 0.306 e. The molecule has 358 valence electrons. The van der Waals surface area contributed by atoms with Crippen LogP contribution in [0.2, 0.25) is 0 Å². The van der Waals surface area contributed by atoms with E-state index in [4.69, 9.17) is 14.2 Å². The van der Waals surface area contributed by atoms with Gasteiger partial charge in [-0.05, 0) is 64.2 Å². The fourth-order valence-electron chi connectivity index (χ4n) is 7.35. The molecule has 0 bridgehead atoms. The quantitative estimate of drug-likeness (QED) is 0.0262.